The lowest BCUT2D eigenvalue weighted by Crippen LogP contribution is -2.50. The van der Waals surface area contributed by atoms with E-state index in [0.29, 0.717) is 32.7 Å². The van der Waals surface area contributed by atoms with Crippen LogP contribution in [-0.2, 0) is 27.3 Å². The van der Waals surface area contributed by atoms with Gasteiger partial charge in [-0.2, -0.15) is 5.10 Å². The van der Waals surface area contributed by atoms with E-state index in [2.05, 4.69) is 20.5 Å². The topological polar surface area (TPSA) is 89.1 Å². The van der Waals surface area contributed by atoms with Crippen molar-refractivity contribution in [2.75, 3.05) is 13.2 Å². The average Bonchev–Trinajstić information content (AvgIpc) is 3.26. The standard InChI is InChI=1S/C15H20N4O3S/c20-15(2-1-11-5-17-18-6-11)19-13-8-21-4-3-14(13)22-7-12-9-23-10-16-12/h5-6,9-10,13-14H,1-4,7-8H2,(H,17,18)(H,19,20)/t13-,14+/m1/s1. The lowest BCUT2D eigenvalue weighted by Gasteiger charge is -2.32. The zero-order chi connectivity index (χ0) is 15.9. The molecule has 1 aliphatic rings. The Balaban J connectivity index is 1.46. The van der Waals surface area contributed by atoms with Crippen molar-refractivity contribution in [2.45, 2.75) is 38.0 Å². The molecule has 0 unspecified atom stereocenters. The van der Waals surface area contributed by atoms with E-state index in [1.807, 2.05) is 5.38 Å². The van der Waals surface area contributed by atoms with Gasteiger partial charge in [0, 0.05) is 24.6 Å². The maximum absolute atomic E-state index is 12.1. The van der Waals surface area contributed by atoms with Crippen molar-refractivity contribution >= 4 is 17.2 Å². The molecule has 124 valence electrons. The van der Waals surface area contributed by atoms with E-state index in [-0.39, 0.29) is 18.1 Å². The fourth-order valence-electron chi connectivity index (χ4n) is 2.50. The first-order valence-electron chi connectivity index (χ1n) is 7.64. The molecule has 1 fully saturated rings. The Labute approximate surface area is 138 Å². The number of rotatable bonds is 7. The molecule has 1 amide bonds. The molecule has 2 aromatic rings. The van der Waals surface area contributed by atoms with Crippen LogP contribution < -0.4 is 5.32 Å². The van der Waals surface area contributed by atoms with E-state index in [0.717, 1.165) is 17.7 Å². The van der Waals surface area contributed by atoms with E-state index in [4.69, 9.17) is 9.47 Å². The number of nitrogens with one attached hydrogen (secondary N) is 2. The number of aryl methyl sites for hydroxylation is 1. The molecule has 0 saturated carbocycles. The van der Waals surface area contributed by atoms with Crippen LogP contribution >= 0.6 is 11.3 Å². The Bertz CT molecular complexity index is 588. The summed E-state index contributed by atoms with van der Waals surface area (Å²) in [4.78, 5) is 16.3. The Morgan fingerprint density at radius 2 is 2.52 bits per heavy atom. The quantitative estimate of drug-likeness (QED) is 0.795. The van der Waals surface area contributed by atoms with Gasteiger partial charge in [0.05, 0.1) is 42.8 Å². The molecular weight excluding hydrogens is 316 g/mol. The van der Waals surface area contributed by atoms with Gasteiger partial charge in [-0.1, -0.05) is 0 Å². The lowest BCUT2D eigenvalue weighted by atomic mass is 10.1. The number of aromatic nitrogens is 3. The second-order valence-electron chi connectivity index (χ2n) is 5.47. The molecule has 8 heteroatoms. The number of H-pyrrole nitrogens is 1. The second-order valence-corrected chi connectivity index (χ2v) is 6.19. The second kappa shape index (κ2) is 8.19. The molecule has 2 N–H and O–H groups in total. The zero-order valence-corrected chi connectivity index (χ0v) is 13.6. The van der Waals surface area contributed by atoms with Crippen LogP contribution in [0.4, 0.5) is 0 Å². The normalized spacial score (nSPS) is 21.2. The molecule has 3 rings (SSSR count). The maximum Gasteiger partial charge on any atom is 0.220 e. The molecule has 23 heavy (non-hydrogen) atoms. The third kappa shape index (κ3) is 4.85. The number of aromatic amines is 1. The Morgan fingerprint density at radius 3 is 3.30 bits per heavy atom. The van der Waals surface area contributed by atoms with Gasteiger partial charge in [-0.25, -0.2) is 4.98 Å². The van der Waals surface area contributed by atoms with Crippen molar-refractivity contribution < 1.29 is 14.3 Å². The first-order chi connectivity index (χ1) is 11.3. The molecular formula is C15H20N4O3S. The lowest BCUT2D eigenvalue weighted by molar-refractivity contribution is -0.126. The molecule has 2 atom stereocenters. The van der Waals surface area contributed by atoms with Crippen LogP contribution in [0.2, 0.25) is 0 Å². The minimum Gasteiger partial charge on any atom is -0.379 e. The highest BCUT2D eigenvalue weighted by Crippen LogP contribution is 2.15. The first kappa shape index (κ1) is 16.1. The van der Waals surface area contributed by atoms with Crippen molar-refractivity contribution in [3.63, 3.8) is 0 Å². The van der Waals surface area contributed by atoms with Gasteiger partial charge in [0.2, 0.25) is 5.91 Å². The Morgan fingerprint density at radius 1 is 1.57 bits per heavy atom. The SMILES string of the molecule is O=C(CCc1cn[nH]c1)N[C@@H]1COCC[C@@H]1OCc1cscn1. The summed E-state index contributed by atoms with van der Waals surface area (Å²) in [6, 6.07) is -0.112. The highest BCUT2D eigenvalue weighted by atomic mass is 32.1. The third-order valence-electron chi connectivity index (χ3n) is 3.76. The predicted octanol–water partition coefficient (Wildman–Crippen LogP) is 1.29. The maximum atomic E-state index is 12.1. The van der Waals surface area contributed by atoms with Gasteiger partial charge in [-0.05, 0) is 18.4 Å². The van der Waals surface area contributed by atoms with Crippen molar-refractivity contribution in [3.05, 3.63) is 34.5 Å². The first-order valence-corrected chi connectivity index (χ1v) is 8.59. The Kier molecular flexibility index (Phi) is 5.73. The minimum absolute atomic E-state index is 0.00367. The van der Waals surface area contributed by atoms with E-state index >= 15 is 0 Å². The van der Waals surface area contributed by atoms with Crippen molar-refractivity contribution in [3.8, 4) is 0 Å². The van der Waals surface area contributed by atoms with Crippen LogP contribution in [-0.4, -0.2) is 46.4 Å². The summed E-state index contributed by atoms with van der Waals surface area (Å²) in [5.74, 6) is 0.00367. The number of amides is 1. The van der Waals surface area contributed by atoms with E-state index in [1.165, 1.54) is 0 Å². The predicted molar refractivity (Wildman–Crippen MR) is 85.0 cm³/mol. The summed E-state index contributed by atoms with van der Waals surface area (Å²) < 4.78 is 11.4. The smallest absolute Gasteiger partial charge is 0.220 e. The van der Waals surface area contributed by atoms with E-state index in [9.17, 15) is 4.79 Å². The van der Waals surface area contributed by atoms with Crippen LogP contribution in [0, 0.1) is 0 Å². The molecule has 1 aliphatic heterocycles. The van der Waals surface area contributed by atoms with Crippen LogP contribution in [0.3, 0.4) is 0 Å². The van der Waals surface area contributed by atoms with Crippen LogP contribution in [0.25, 0.3) is 0 Å². The van der Waals surface area contributed by atoms with Crippen molar-refractivity contribution in [1.82, 2.24) is 20.5 Å². The van der Waals surface area contributed by atoms with E-state index < -0.39 is 0 Å². The molecule has 3 heterocycles. The summed E-state index contributed by atoms with van der Waals surface area (Å²) in [5, 5.41) is 11.6. The third-order valence-corrected chi connectivity index (χ3v) is 4.40. The zero-order valence-electron chi connectivity index (χ0n) is 12.7. The minimum atomic E-state index is -0.112. The summed E-state index contributed by atoms with van der Waals surface area (Å²) in [6.45, 7) is 1.61. The fourth-order valence-corrected chi connectivity index (χ4v) is 3.05. The van der Waals surface area contributed by atoms with Gasteiger partial charge in [-0.15, -0.1) is 11.3 Å². The molecule has 0 spiro atoms. The molecule has 2 aromatic heterocycles. The summed E-state index contributed by atoms with van der Waals surface area (Å²) >= 11 is 1.55. The van der Waals surface area contributed by atoms with Crippen LogP contribution in [0.1, 0.15) is 24.1 Å². The fraction of sp³-hybridized carbons (Fsp3) is 0.533. The van der Waals surface area contributed by atoms with Gasteiger partial charge in [0.15, 0.2) is 0 Å². The molecule has 0 aromatic carbocycles. The van der Waals surface area contributed by atoms with Crippen LogP contribution in [0.5, 0.6) is 0 Å². The summed E-state index contributed by atoms with van der Waals surface area (Å²) in [7, 11) is 0. The number of thiazole rings is 1. The number of hydrogen-bond donors (Lipinski definition) is 2. The van der Waals surface area contributed by atoms with Gasteiger partial charge in [0.1, 0.15) is 0 Å². The van der Waals surface area contributed by atoms with Crippen LogP contribution in [0.15, 0.2) is 23.3 Å². The van der Waals surface area contributed by atoms with Gasteiger partial charge >= 0.3 is 0 Å². The number of ether oxygens (including phenoxy) is 2. The van der Waals surface area contributed by atoms with Crippen molar-refractivity contribution in [2.24, 2.45) is 0 Å². The highest BCUT2D eigenvalue weighted by molar-refractivity contribution is 7.07. The molecule has 0 aliphatic carbocycles. The Hall–Kier alpha value is -1.77. The molecule has 7 nitrogen and oxygen atoms in total. The number of hydrogen-bond acceptors (Lipinski definition) is 6. The largest absolute Gasteiger partial charge is 0.379 e. The average molecular weight is 336 g/mol. The van der Waals surface area contributed by atoms with Crippen molar-refractivity contribution in [1.29, 1.82) is 0 Å². The van der Waals surface area contributed by atoms with Gasteiger partial charge in [-0.3, -0.25) is 9.89 Å². The number of carbonyl (C=O) groups excluding carboxylic acids is 1. The van der Waals surface area contributed by atoms with E-state index in [1.54, 1.807) is 29.2 Å². The van der Waals surface area contributed by atoms with Gasteiger partial charge < -0.3 is 14.8 Å². The van der Waals surface area contributed by atoms with Gasteiger partial charge in [0.25, 0.3) is 0 Å². The monoisotopic (exact) mass is 336 g/mol. The summed E-state index contributed by atoms with van der Waals surface area (Å²) in [6.07, 6.45) is 5.36. The molecule has 0 radical (unpaired) electrons. The number of nitrogens with zero attached hydrogens (tertiary/aromatic N) is 2. The highest BCUT2D eigenvalue weighted by Gasteiger charge is 2.28. The molecule has 0 bridgehead atoms. The summed E-state index contributed by atoms with van der Waals surface area (Å²) in [5.41, 5.74) is 3.74. The number of carbonyl (C=O) groups is 1. The molecule has 1 saturated heterocycles.